The van der Waals surface area contributed by atoms with Crippen LogP contribution in [0.5, 0.6) is 0 Å². The van der Waals surface area contributed by atoms with Gasteiger partial charge in [0.05, 0.1) is 6.10 Å². The van der Waals surface area contributed by atoms with Gasteiger partial charge in [0.2, 0.25) is 0 Å². The molecule has 1 aliphatic heterocycles. The molecule has 0 amide bonds. The first-order valence-electron chi connectivity index (χ1n) is 6.15. The van der Waals surface area contributed by atoms with Gasteiger partial charge in [-0.15, -0.1) is 0 Å². The molecule has 2 atom stereocenters. The van der Waals surface area contributed by atoms with Gasteiger partial charge in [0.25, 0.3) is 0 Å². The van der Waals surface area contributed by atoms with E-state index in [1.807, 2.05) is 13.8 Å². The van der Waals surface area contributed by atoms with Gasteiger partial charge in [-0.1, -0.05) is 26.3 Å². The Morgan fingerprint density at radius 1 is 1.38 bits per heavy atom. The molecule has 0 N–H and O–H groups in total. The smallest absolute Gasteiger partial charge is 0.338 e. The number of esters is 1. The summed E-state index contributed by atoms with van der Waals surface area (Å²) in [6.45, 7) is 7.93. The lowest BCUT2D eigenvalue weighted by Gasteiger charge is -2.05. The molecule has 1 fully saturated rings. The van der Waals surface area contributed by atoms with Crippen LogP contribution in [0.25, 0.3) is 0 Å². The van der Waals surface area contributed by atoms with Crippen molar-refractivity contribution >= 4 is 5.97 Å². The molecule has 1 heterocycles. The Hall–Kier alpha value is -0.830. The third-order valence-corrected chi connectivity index (χ3v) is 2.54. The minimum absolute atomic E-state index is 0.0252. The van der Waals surface area contributed by atoms with E-state index in [4.69, 9.17) is 9.47 Å². The molecule has 0 bridgehead atoms. The number of hydrogen-bond donors (Lipinski definition) is 0. The van der Waals surface area contributed by atoms with Crippen LogP contribution in [0.2, 0.25) is 0 Å². The summed E-state index contributed by atoms with van der Waals surface area (Å²) in [5, 5.41) is 0. The quantitative estimate of drug-likeness (QED) is 0.397. The average molecular weight is 226 g/mol. The molecule has 0 aromatic rings. The van der Waals surface area contributed by atoms with Crippen molar-refractivity contribution in [3.05, 3.63) is 11.6 Å². The van der Waals surface area contributed by atoms with E-state index in [1.165, 1.54) is 5.57 Å². The third kappa shape index (κ3) is 3.63. The molecule has 92 valence electrons. The molecule has 0 radical (unpaired) electrons. The van der Waals surface area contributed by atoms with Gasteiger partial charge < -0.3 is 9.47 Å². The van der Waals surface area contributed by atoms with Crippen molar-refractivity contribution in [1.82, 2.24) is 0 Å². The minimum Gasteiger partial charge on any atom is -0.461 e. The standard InChI is InChI=1S/C13H22O3/c1-5-7-8-10(6-2)11-12(16-11)13(14)15-9(3)4/h8-9,11-12H,5-7H2,1-4H3. The SMILES string of the molecule is CCCC=C(CC)C1OC1C(=O)OC(C)C. The van der Waals surface area contributed by atoms with Crippen molar-refractivity contribution in [2.75, 3.05) is 0 Å². The zero-order chi connectivity index (χ0) is 12.1. The lowest BCUT2D eigenvalue weighted by molar-refractivity contribution is -0.148. The van der Waals surface area contributed by atoms with Gasteiger partial charge in [0.15, 0.2) is 6.10 Å². The second-order valence-corrected chi connectivity index (χ2v) is 4.38. The predicted molar refractivity (Wildman–Crippen MR) is 63.2 cm³/mol. The number of epoxide rings is 1. The second kappa shape index (κ2) is 6.04. The Bertz CT molecular complexity index is 268. The van der Waals surface area contributed by atoms with Crippen molar-refractivity contribution in [3.63, 3.8) is 0 Å². The number of ether oxygens (including phenoxy) is 2. The van der Waals surface area contributed by atoms with Gasteiger partial charge >= 0.3 is 5.97 Å². The summed E-state index contributed by atoms with van der Waals surface area (Å²) in [6.07, 6.45) is 4.85. The molecular weight excluding hydrogens is 204 g/mol. The van der Waals surface area contributed by atoms with Crippen molar-refractivity contribution in [3.8, 4) is 0 Å². The molecule has 0 aromatic heterocycles. The highest BCUT2D eigenvalue weighted by atomic mass is 16.6. The van der Waals surface area contributed by atoms with Crippen LogP contribution in [-0.4, -0.2) is 24.3 Å². The molecule has 0 saturated carbocycles. The first kappa shape index (κ1) is 13.2. The van der Waals surface area contributed by atoms with Crippen LogP contribution in [0.1, 0.15) is 47.0 Å². The summed E-state index contributed by atoms with van der Waals surface area (Å²) in [7, 11) is 0. The maximum Gasteiger partial charge on any atom is 0.338 e. The van der Waals surface area contributed by atoms with Gasteiger partial charge in [-0.05, 0) is 32.3 Å². The third-order valence-electron chi connectivity index (χ3n) is 2.54. The molecule has 16 heavy (non-hydrogen) atoms. The maximum absolute atomic E-state index is 11.5. The molecule has 1 rings (SSSR count). The Kier molecular flexibility index (Phi) is 5.00. The lowest BCUT2D eigenvalue weighted by Crippen LogP contribution is -2.18. The summed E-state index contributed by atoms with van der Waals surface area (Å²) in [5.74, 6) is -0.226. The lowest BCUT2D eigenvalue weighted by atomic mass is 10.1. The fourth-order valence-electron chi connectivity index (χ4n) is 1.66. The molecule has 2 unspecified atom stereocenters. The number of unbranched alkanes of at least 4 members (excludes halogenated alkanes) is 1. The van der Waals surface area contributed by atoms with E-state index >= 15 is 0 Å². The van der Waals surface area contributed by atoms with Crippen LogP contribution in [0.15, 0.2) is 11.6 Å². The highest BCUT2D eigenvalue weighted by molar-refractivity contribution is 5.79. The first-order chi connectivity index (χ1) is 7.60. The van der Waals surface area contributed by atoms with E-state index in [0.29, 0.717) is 0 Å². The van der Waals surface area contributed by atoms with E-state index in [0.717, 1.165) is 19.3 Å². The summed E-state index contributed by atoms with van der Waals surface area (Å²) in [4.78, 5) is 11.5. The van der Waals surface area contributed by atoms with E-state index < -0.39 is 0 Å². The van der Waals surface area contributed by atoms with E-state index in [-0.39, 0.29) is 24.3 Å². The fourth-order valence-corrected chi connectivity index (χ4v) is 1.66. The Morgan fingerprint density at radius 2 is 2.06 bits per heavy atom. The highest BCUT2D eigenvalue weighted by Gasteiger charge is 2.48. The first-order valence-corrected chi connectivity index (χ1v) is 6.15. The molecule has 3 nitrogen and oxygen atoms in total. The number of hydrogen-bond acceptors (Lipinski definition) is 3. The van der Waals surface area contributed by atoms with Gasteiger partial charge in [-0.25, -0.2) is 4.79 Å². The van der Waals surface area contributed by atoms with E-state index in [9.17, 15) is 4.79 Å². The monoisotopic (exact) mass is 226 g/mol. The highest BCUT2D eigenvalue weighted by Crippen LogP contribution is 2.32. The summed E-state index contributed by atoms with van der Waals surface area (Å²) in [6, 6.07) is 0. The van der Waals surface area contributed by atoms with Gasteiger partial charge in [-0.2, -0.15) is 0 Å². The average Bonchev–Trinajstić information content (AvgIpc) is 2.98. The largest absolute Gasteiger partial charge is 0.461 e. The Labute approximate surface area is 97.8 Å². The van der Waals surface area contributed by atoms with E-state index in [1.54, 1.807) is 0 Å². The zero-order valence-corrected chi connectivity index (χ0v) is 10.7. The van der Waals surface area contributed by atoms with Crippen molar-refractivity contribution in [2.45, 2.75) is 65.3 Å². The van der Waals surface area contributed by atoms with Gasteiger partial charge in [0, 0.05) is 0 Å². The predicted octanol–water partition coefficient (Wildman–Crippen LogP) is 2.84. The van der Waals surface area contributed by atoms with Crippen molar-refractivity contribution in [1.29, 1.82) is 0 Å². The summed E-state index contributed by atoms with van der Waals surface area (Å²) >= 11 is 0. The van der Waals surface area contributed by atoms with Crippen LogP contribution in [-0.2, 0) is 14.3 Å². The molecule has 1 saturated heterocycles. The van der Waals surface area contributed by atoms with Crippen molar-refractivity contribution < 1.29 is 14.3 Å². The van der Waals surface area contributed by atoms with E-state index in [2.05, 4.69) is 19.9 Å². The normalized spacial score (nSPS) is 24.7. The second-order valence-electron chi connectivity index (χ2n) is 4.38. The maximum atomic E-state index is 11.5. The number of rotatable bonds is 6. The molecule has 3 heteroatoms. The van der Waals surface area contributed by atoms with Crippen molar-refractivity contribution in [2.24, 2.45) is 0 Å². The van der Waals surface area contributed by atoms with Crippen LogP contribution in [0.3, 0.4) is 0 Å². The minimum atomic E-state index is -0.356. The number of carbonyl (C=O) groups excluding carboxylic acids is 1. The van der Waals surface area contributed by atoms with Gasteiger partial charge in [-0.3, -0.25) is 0 Å². The van der Waals surface area contributed by atoms with Crippen LogP contribution in [0, 0.1) is 0 Å². The zero-order valence-electron chi connectivity index (χ0n) is 10.7. The Morgan fingerprint density at radius 3 is 2.56 bits per heavy atom. The molecule has 1 aliphatic rings. The van der Waals surface area contributed by atoms with Crippen LogP contribution >= 0.6 is 0 Å². The number of allylic oxidation sites excluding steroid dienone is 1. The molecule has 0 aliphatic carbocycles. The molecule has 0 spiro atoms. The number of carbonyl (C=O) groups is 1. The van der Waals surface area contributed by atoms with Crippen LogP contribution < -0.4 is 0 Å². The summed E-state index contributed by atoms with van der Waals surface area (Å²) in [5.41, 5.74) is 1.23. The summed E-state index contributed by atoms with van der Waals surface area (Å²) < 4.78 is 10.5. The topological polar surface area (TPSA) is 38.8 Å². The fraction of sp³-hybridized carbons (Fsp3) is 0.769. The molecular formula is C13H22O3. The Balaban J connectivity index is 2.44. The van der Waals surface area contributed by atoms with Gasteiger partial charge in [0.1, 0.15) is 6.10 Å². The van der Waals surface area contributed by atoms with Crippen LogP contribution in [0.4, 0.5) is 0 Å². The molecule has 0 aromatic carbocycles.